The van der Waals surface area contributed by atoms with Crippen LogP contribution in [-0.2, 0) is 4.74 Å². The highest BCUT2D eigenvalue weighted by molar-refractivity contribution is 6.32. The van der Waals surface area contributed by atoms with E-state index < -0.39 is 0 Å². The van der Waals surface area contributed by atoms with Crippen molar-refractivity contribution in [1.29, 1.82) is 0 Å². The summed E-state index contributed by atoms with van der Waals surface area (Å²) < 4.78 is 11.0. The zero-order valence-corrected chi connectivity index (χ0v) is 12.3. The smallest absolute Gasteiger partial charge is 0.191 e. The fraction of sp³-hybridized carbons (Fsp3) is 0.500. The van der Waals surface area contributed by atoms with Crippen LogP contribution in [0.1, 0.15) is 6.92 Å². The van der Waals surface area contributed by atoms with Crippen molar-refractivity contribution in [3.8, 4) is 5.75 Å². The Hall–Kier alpha value is -1.46. The predicted molar refractivity (Wildman–Crippen MR) is 80.4 cm³/mol. The second kappa shape index (κ2) is 7.36. The van der Waals surface area contributed by atoms with Crippen LogP contribution in [-0.4, -0.2) is 49.8 Å². The standard InChI is InChI=1S/C14H20ClN3O2/c1-11(20-13-5-3-2-4-12(13)15)10-17-14(16)18-6-8-19-9-7-18/h2-5,11H,6-10H2,1H3,(H2,16,17). The molecular weight excluding hydrogens is 278 g/mol. The first kappa shape index (κ1) is 14.9. The van der Waals surface area contributed by atoms with Crippen molar-refractivity contribution >= 4 is 17.6 Å². The van der Waals surface area contributed by atoms with E-state index in [0.717, 1.165) is 13.1 Å². The Balaban J connectivity index is 1.85. The number of para-hydroxylation sites is 1. The van der Waals surface area contributed by atoms with Gasteiger partial charge < -0.3 is 20.1 Å². The van der Waals surface area contributed by atoms with Crippen LogP contribution >= 0.6 is 11.6 Å². The monoisotopic (exact) mass is 297 g/mol. The molecule has 1 fully saturated rings. The van der Waals surface area contributed by atoms with Crippen molar-refractivity contribution in [2.24, 2.45) is 10.7 Å². The number of guanidine groups is 1. The second-order valence-corrected chi connectivity index (χ2v) is 5.06. The number of nitrogens with zero attached hydrogens (tertiary/aromatic N) is 2. The summed E-state index contributed by atoms with van der Waals surface area (Å²) in [5, 5.41) is 0.601. The summed E-state index contributed by atoms with van der Waals surface area (Å²) in [5.74, 6) is 1.21. The number of aliphatic imine (C=N–C) groups is 1. The summed E-state index contributed by atoms with van der Waals surface area (Å²) in [7, 11) is 0. The molecule has 2 rings (SSSR count). The van der Waals surface area contributed by atoms with Crippen molar-refractivity contribution in [3.63, 3.8) is 0 Å². The Bertz CT molecular complexity index is 461. The van der Waals surface area contributed by atoms with Gasteiger partial charge in [-0.1, -0.05) is 23.7 Å². The molecule has 0 radical (unpaired) electrons. The Labute approximate surface area is 124 Å². The van der Waals surface area contributed by atoms with Crippen LogP contribution in [0.3, 0.4) is 0 Å². The zero-order valence-electron chi connectivity index (χ0n) is 11.6. The Kier molecular flexibility index (Phi) is 5.49. The third-order valence-corrected chi connectivity index (χ3v) is 3.32. The maximum Gasteiger partial charge on any atom is 0.191 e. The van der Waals surface area contributed by atoms with Crippen molar-refractivity contribution in [1.82, 2.24) is 4.90 Å². The van der Waals surface area contributed by atoms with Gasteiger partial charge in [0.05, 0.1) is 24.8 Å². The van der Waals surface area contributed by atoms with Gasteiger partial charge in [0.2, 0.25) is 0 Å². The van der Waals surface area contributed by atoms with E-state index in [1.165, 1.54) is 0 Å². The van der Waals surface area contributed by atoms with Crippen LogP contribution < -0.4 is 10.5 Å². The average molecular weight is 298 g/mol. The van der Waals surface area contributed by atoms with Crippen LogP contribution in [0.25, 0.3) is 0 Å². The summed E-state index contributed by atoms with van der Waals surface area (Å²) in [6.07, 6.45) is -0.0884. The summed E-state index contributed by atoms with van der Waals surface area (Å²) in [6, 6.07) is 7.40. The fourth-order valence-corrected chi connectivity index (χ4v) is 2.09. The molecule has 20 heavy (non-hydrogen) atoms. The van der Waals surface area contributed by atoms with E-state index >= 15 is 0 Å². The molecule has 2 N–H and O–H groups in total. The molecule has 1 saturated heterocycles. The number of halogens is 1. The molecule has 1 unspecified atom stereocenters. The van der Waals surface area contributed by atoms with Gasteiger partial charge in [0, 0.05) is 13.1 Å². The second-order valence-electron chi connectivity index (χ2n) is 4.66. The van der Waals surface area contributed by atoms with E-state index in [4.69, 9.17) is 26.8 Å². The summed E-state index contributed by atoms with van der Waals surface area (Å²) in [5.41, 5.74) is 5.96. The highest BCUT2D eigenvalue weighted by atomic mass is 35.5. The van der Waals surface area contributed by atoms with Gasteiger partial charge in [0.15, 0.2) is 5.96 Å². The summed E-state index contributed by atoms with van der Waals surface area (Å²) in [6.45, 7) is 5.40. The van der Waals surface area contributed by atoms with Gasteiger partial charge in [-0.15, -0.1) is 0 Å². The van der Waals surface area contributed by atoms with Crippen molar-refractivity contribution < 1.29 is 9.47 Å². The molecule has 1 aromatic rings. The summed E-state index contributed by atoms with van der Waals surface area (Å²) in [4.78, 5) is 6.39. The van der Waals surface area contributed by atoms with E-state index in [-0.39, 0.29) is 6.10 Å². The van der Waals surface area contributed by atoms with Gasteiger partial charge in [0.1, 0.15) is 11.9 Å². The molecule has 0 aliphatic carbocycles. The number of morpholine rings is 1. The first-order chi connectivity index (χ1) is 9.66. The predicted octanol–water partition coefficient (Wildman–Crippen LogP) is 1.75. The van der Waals surface area contributed by atoms with Crippen LogP contribution in [0.2, 0.25) is 5.02 Å². The molecule has 0 aromatic heterocycles. The minimum absolute atomic E-state index is 0.0884. The molecule has 0 saturated carbocycles. The van der Waals surface area contributed by atoms with Crippen LogP contribution in [0, 0.1) is 0 Å². The number of nitrogens with two attached hydrogens (primary N) is 1. The molecule has 110 valence electrons. The topological polar surface area (TPSA) is 60.1 Å². The minimum atomic E-state index is -0.0884. The first-order valence-electron chi connectivity index (χ1n) is 6.70. The van der Waals surface area contributed by atoms with Crippen LogP contribution in [0.15, 0.2) is 29.3 Å². The number of benzene rings is 1. The molecule has 6 heteroatoms. The SMILES string of the molecule is CC(CN=C(N)N1CCOCC1)Oc1ccccc1Cl. The van der Waals surface area contributed by atoms with Crippen molar-refractivity contribution in [2.45, 2.75) is 13.0 Å². The highest BCUT2D eigenvalue weighted by Gasteiger charge is 2.13. The van der Waals surface area contributed by atoms with Crippen LogP contribution in [0.5, 0.6) is 5.75 Å². The number of rotatable bonds is 4. The van der Waals surface area contributed by atoms with Gasteiger partial charge >= 0.3 is 0 Å². The molecule has 0 amide bonds. The van der Waals surface area contributed by atoms with E-state index in [0.29, 0.717) is 36.5 Å². The maximum atomic E-state index is 6.05. The lowest BCUT2D eigenvalue weighted by Gasteiger charge is -2.27. The van der Waals surface area contributed by atoms with E-state index in [1.54, 1.807) is 6.07 Å². The van der Waals surface area contributed by atoms with E-state index in [1.807, 2.05) is 30.0 Å². The van der Waals surface area contributed by atoms with Gasteiger partial charge in [-0.2, -0.15) is 0 Å². The molecule has 1 atom stereocenters. The molecule has 1 aliphatic rings. The van der Waals surface area contributed by atoms with Gasteiger partial charge in [0.25, 0.3) is 0 Å². The van der Waals surface area contributed by atoms with E-state index in [9.17, 15) is 0 Å². The van der Waals surface area contributed by atoms with Crippen molar-refractivity contribution in [2.75, 3.05) is 32.8 Å². The Morgan fingerprint density at radius 1 is 1.45 bits per heavy atom. The Morgan fingerprint density at radius 2 is 2.15 bits per heavy atom. The largest absolute Gasteiger partial charge is 0.487 e. The maximum absolute atomic E-state index is 6.05. The molecular formula is C14H20ClN3O2. The first-order valence-corrected chi connectivity index (χ1v) is 7.08. The molecule has 1 heterocycles. The highest BCUT2D eigenvalue weighted by Crippen LogP contribution is 2.24. The third kappa shape index (κ3) is 4.28. The van der Waals surface area contributed by atoms with Gasteiger partial charge in [-0.25, -0.2) is 4.99 Å². The van der Waals surface area contributed by atoms with Crippen molar-refractivity contribution in [3.05, 3.63) is 29.3 Å². The number of hydrogen-bond acceptors (Lipinski definition) is 3. The van der Waals surface area contributed by atoms with Gasteiger partial charge in [-0.05, 0) is 19.1 Å². The van der Waals surface area contributed by atoms with E-state index in [2.05, 4.69) is 4.99 Å². The fourth-order valence-electron chi connectivity index (χ4n) is 1.91. The molecule has 1 aromatic carbocycles. The molecule has 5 nitrogen and oxygen atoms in total. The Morgan fingerprint density at radius 3 is 2.85 bits per heavy atom. The zero-order chi connectivity index (χ0) is 14.4. The minimum Gasteiger partial charge on any atom is -0.487 e. The lowest BCUT2D eigenvalue weighted by molar-refractivity contribution is 0.0673. The lowest BCUT2D eigenvalue weighted by atomic mass is 10.3. The number of hydrogen-bond donors (Lipinski definition) is 1. The van der Waals surface area contributed by atoms with Crippen LogP contribution in [0.4, 0.5) is 0 Å². The third-order valence-electron chi connectivity index (χ3n) is 3.01. The molecule has 0 spiro atoms. The number of ether oxygens (including phenoxy) is 2. The summed E-state index contributed by atoms with van der Waals surface area (Å²) >= 11 is 6.05. The molecule has 1 aliphatic heterocycles. The molecule has 0 bridgehead atoms. The lowest BCUT2D eigenvalue weighted by Crippen LogP contribution is -2.45. The normalized spacial score (nSPS) is 17.9. The average Bonchev–Trinajstić information content (AvgIpc) is 2.48. The quantitative estimate of drug-likeness (QED) is 0.679. The van der Waals surface area contributed by atoms with Gasteiger partial charge in [-0.3, -0.25) is 0 Å².